The molecule has 28 heavy (non-hydrogen) atoms. The Bertz CT molecular complexity index is 1080. The van der Waals surface area contributed by atoms with Gasteiger partial charge in [-0.3, -0.25) is 4.57 Å². The van der Waals surface area contributed by atoms with Crippen LogP contribution in [-0.2, 0) is 4.57 Å². The van der Waals surface area contributed by atoms with Gasteiger partial charge >= 0.3 is 13.4 Å². The molecule has 0 aliphatic carbocycles. The number of aryl methyl sites for hydroxylation is 2. The van der Waals surface area contributed by atoms with Gasteiger partial charge in [0.2, 0.25) is 0 Å². The lowest BCUT2D eigenvalue weighted by Crippen LogP contribution is -2.33. The minimum atomic E-state index is -3.36. The maximum atomic E-state index is 13.8. The quantitative estimate of drug-likeness (QED) is 0.608. The van der Waals surface area contributed by atoms with Crippen molar-refractivity contribution in [1.29, 1.82) is 0 Å². The summed E-state index contributed by atoms with van der Waals surface area (Å²) in [5.74, 6) is -0.219. The van der Waals surface area contributed by atoms with Crippen molar-refractivity contribution in [3.63, 3.8) is 0 Å². The molecule has 6 heteroatoms. The van der Waals surface area contributed by atoms with E-state index in [4.69, 9.17) is 4.52 Å². The van der Waals surface area contributed by atoms with Crippen LogP contribution in [0.25, 0.3) is 0 Å². The molecule has 0 bridgehead atoms. The number of anilines is 1. The molecule has 0 radical (unpaired) electrons. The van der Waals surface area contributed by atoms with E-state index in [1.165, 1.54) is 0 Å². The Hall–Kier alpha value is -3.04. The number of fused-ring (bicyclic) bond motifs is 1. The molecule has 0 saturated carbocycles. The number of amides is 2. The van der Waals surface area contributed by atoms with Crippen LogP contribution in [0.4, 0.5) is 10.5 Å². The Labute approximate surface area is 164 Å². The standard InChI is InChI=1S/C22H21N2O3P/c1-15-12-13-19(16(2)14-15)23-22(25)24-21-18-10-6-7-11-20(18)27-28(21,26)17-8-4-3-5-9-17/h3-14,21H,1-2H3,(H2,23,24,25)/t21-,28-/m0/s1. The van der Waals surface area contributed by atoms with E-state index in [9.17, 15) is 9.36 Å². The summed E-state index contributed by atoms with van der Waals surface area (Å²) in [6, 6.07) is 21.7. The number of nitrogens with one attached hydrogen (secondary N) is 2. The van der Waals surface area contributed by atoms with Crippen molar-refractivity contribution in [1.82, 2.24) is 5.32 Å². The molecule has 1 aliphatic heterocycles. The zero-order valence-electron chi connectivity index (χ0n) is 15.7. The molecule has 3 aromatic rings. The Balaban J connectivity index is 1.65. The van der Waals surface area contributed by atoms with Gasteiger partial charge < -0.3 is 15.2 Å². The van der Waals surface area contributed by atoms with Crippen LogP contribution in [0, 0.1) is 13.8 Å². The Morgan fingerprint density at radius 3 is 2.43 bits per heavy atom. The predicted molar refractivity (Wildman–Crippen MR) is 112 cm³/mol. The van der Waals surface area contributed by atoms with Crippen molar-refractivity contribution in [2.45, 2.75) is 19.6 Å². The van der Waals surface area contributed by atoms with Crippen molar-refractivity contribution in [3.05, 3.63) is 89.5 Å². The lowest BCUT2D eigenvalue weighted by molar-refractivity contribution is 0.251. The Morgan fingerprint density at radius 2 is 1.68 bits per heavy atom. The molecule has 2 amide bonds. The second kappa shape index (κ2) is 7.17. The summed E-state index contributed by atoms with van der Waals surface area (Å²) in [4.78, 5) is 12.7. The molecule has 3 aromatic carbocycles. The van der Waals surface area contributed by atoms with E-state index in [0.29, 0.717) is 22.3 Å². The molecular weight excluding hydrogens is 371 g/mol. The van der Waals surface area contributed by atoms with E-state index in [1.54, 1.807) is 18.2 Å². The first-order chi connectivity index (χ1) is 13.5. The first kappa shape index (κ1) is 18.3. The molecule has 0 fully saturated rings. The van der Waals surface area contributed by atoms with Gasteiger partial charge in [0, 0.05) is 11.3 Å². The van der Waals surface area contributed by atoms with E-state index in [1.807, 2.05) is 68.4 Å². The predicted octanol–water partition coefficient (Wildman–Crippen LogP) is 5.12. The van der Waals surface area contributed by atoms with Crippen molar-refractivity contribution in [2.75, 3.05) is 5.32 Å². The Morgan fingerprint density at radius 1 is 0.964 bits per heavy atom. The maximum absolute atomic E-state index is 13.8. The van der Waals surface area contributed by atoms with Gasteiger partial charge in [0.05, 0.1) is 5.30 Å². The summed E-state index contributed by atoms with van der Waals surface area (Å²) in [5.41, 5.74) is 3.51. The molecule has 1 heterocycles. The summed E-state index contributed by atoms with van der Waals surface area (Å²) >= 11 is 0. The summed E-state index contributed by atoms with van der Waals surface area (Å²) in [6.07, 6.45) is 0. The highest BCUT2D eigenvalue weighted by molar-refractivity contribution is 7.68. The van der Waals surface area contributed by atoms with Crippen LogP contribution in [0.1, 0.15) is 22.5 Å². The van der Waals surface area contributed by atoms with Gasteiger partial charge in [-0.25, -0.2) is 4.79 Å². The van der Waals surface area contributed by atoms with Crippen LogP contribution in [0.15, 0.2) is 72.8 Å². The van der Waals surface area contributed by atoms with Gasteiger partial charge in [-0.05, 0) is 43.7 Å². The number of rotatable bonds is 3. The number of hydrogen-bond donors (Lipinski definition) is 2. The summed E-state index contributed by atoms with van der Waals surface area (Å²) in [5, 5.41) is 6.31. The average Bonchev–Trinajstić information content (AvgIpc) is 2.98. The van der Waals surface area contributed by atoms with Gasteiger partial charge in [-0.1, -0.05) is 54.1 Å². The number of carbonyl (C=O) groups excluding carboxylic acids is 1. The van der Waals surface area contributed by atoms with E-state index in [2.05, 4.69) is 10.6 Å². The fourth-order valence-electron chi connectivity index (χ4n) is 3.41. The van der Waals surface area contributed by atoms with E-state index < -0.39 is 19.2 Å². The molecule has 0 aromatic heterocycles. The molecule has 5 nitrogen and oxygen atoms in total. The average molecular weight is 392 g/mol. The van der Waals surface area contributed by atoms with Crippen molar-refractivity contribution in [3.8, 4) is 5.75 Å². The largest absolute Gasteiger partial charge is 0.438 e. The van der Waals surface area contributed by atoms with Crippen LogP contribution in [0.2, 0.25) is 0 Å². The lowest BCUT2D eigenvalue weighted by Gasteiger charge is -2.21. The Kier molecular flexibility index (Phi) is 4.70. The second-order valence-corrected chi connectivity index (χ2v) is 9.29. The summed E-state index contributed by atoms with van der Waals surface area (Å²) in [7, 11) is -3.36. The first-order valence-corrected chi connectivity index (χ1v) is 10.8. The van der Waals surface area contributed by atoms with Gasteiger partial charge in [0.15, 0.2) is 5.78 Å². The second-order valence-electron chi connectivity index (χ2n) is 6.88. The normalized spacial score (nSPS) is 20.1. The smallest absolute Gasteiger partial charge is 0.320 e. The molecule has 4 rings (SSSR count). The topological polar surface area (TPSA) is 67.4 Å². The van der Waals surface area contributed by atoms with E-state index in [0.717, 1.165) is 11.1 Å². The third-order valence-electron chi connectivity index (χ3n) is 4.80. The van der Waals surface area contributed by atoms with Crippen molar-refractivity contribution < 1.29 is 13.9 Å². The van der Waals surface area contributed by atoms with E-state index in [-0.39, 0.29) is 0 Å². The zero-order chi connectivity index (χ0) is 19.7. The van der Waals surface area contributed by atoms with Crippen molar-refractivity contribution in [2.24, 2.45) is 0 Å². The van der Waals surface area contributed by atoms with Crippen LogP contribution in [0.5, 0.6) is 5.75 Å². The third-order valence-corrected chi connectivity index (χ3v) is 7.37. The molecule has 0 spiro atoms. The zero-order valence-corrected chi connectivity index (χ0v) is 16.6. The number of para-hydroxylation sites is 1. The minimum absolute atomic E-state index is 0.423. The van der Waals surface area contributed by atoms with Gasteiger partial charge in [-0.15, -0.1) is 0 Å². The van der Waals surface area contributed by atoms with Gasteiger partial charge in [0.25, 0.3) is 0 Å². The minimum Gasteiger partial charge on any atom is -0.438 e. The molecule has 2 atom stereocenters. The molecule has 2 N–H and O–H groups in total. The molecule has 1 aliphatic rings. The monoisotopic (exact) mass is 392 g/mol. The van der Waals surface area contributed by atoms with Crippen LogP contribution >= 0.6 is 7.37 Å². The van der Waals surface area contributed by atoms with Gasteiger partial charge in [-0.2, -0.15) is 0 Å². The third kappa shape index (κ3) is 3.30. The number of hydrogen-bond acceptors (Lipinski definition) is 3. The highest BCUT2D eigenvalue weighted by Crippen LogP contribution is 2.64. The number of benzene rings is 3. The molecule has 142 valence electrons. The highest BCUT2D eigenvalue weighted by Gasteiger charge is 2.46. The van der Waals surface area contributed by atoms with Crippen molar-refractivity contribution >= 4 is 24.4 Å². The fraction of sp³-hybridized carbons (Fsp3) is 0.136. The molecular formula is C22H21N2O3P. The van der Waals surface area contributed by atoms with Crippen LogP contribution in [0.3, 0.4) is 0 Å². The number of urea groups is 1. The highest BCUT2D eigenvalue weighted by atomic mass is 31.2. The first-order valence-electron chi connectivity index (χ1n) is 9.06. The van der Waals surface area contributed by atoms with Crippen LogP contribution in [-0.4, -0.2) is 6.03 Å². The fourth-order valence-corrected chi connectivity index (χ4v) is 5.83. The van der Waals surface area contributed by atoms with Gasteiger partial charge in [0.1, 0.15) is 5.75 Å². The molecule has 0 saturated heterocycles. The maximum Gasteiger partial charge on any atom is 0.320 e. The van der Waals surface area contributed by atoms with Crippen LogP contribution < -0.4 is 20.5 Å². The number of carbonyl (C=O) groups is 1. The SMILES string of the molecule is Cc1ccc(NC(=O)N[C@@H]2c3ccccc3O[P@@]2(=O)c2ccccc2)c(C)c1. The summed E-state index contributed by atoms with van der Waals surface area (Å²) in [6.45, 7) is 3.94. The molecule has 0 unspecified atom stereocenters. The van der Waals surface area contributed by atoms with E-state index >= 15 is 0 Å². The summed E-state index contributed by atoms with van der Waals surface area (Å²) < 4.78 is 19.7. The lowest BCUT2D eigenvalue weighted by atomic mass is 10.1.